The number of Topliss-reactive ketones (excluding diaryl/α,β-unsaturated/α-hetero) is 1. The van der Waals surface area contributed by atoms with Gasteiger partial charge in [0.05, 0.1) is 5.25 Å². The van der Waals surface area contributed by atoms with Gasteiger partial charge in [0.1, 0.15) is 0 Å². The van der Waals surface area contributed by atoms with Crippen LogP contribution in [0.25, 0.3) is 11.4 Å². The molecule has 1 heterocycles. The minimum Gasteiger partial charge on any atom is -0.325 e. The zero-order chi connectivity index (χ0) is 20.1. The van der Waals surface area contributed by atoms with Crippen molar-refractivity contribution in [2.24, 2.45) is 0 Å². The number of aromatic amines is 1. The van der Waals surface area contributed by atoms with E-state index >= 15 is 0 Å². The number of amides is 1. The normalized spacial score (nSPS) is 11.8. The Kier molecular flexibility index (Phi) is 6.26. The second-order valence-corrected chi connectivity index (χ2v) is 7.71. The Morgan fingerprint density at radius 2 is 1.79 bits per heavy atom. The predicted molar refractivity (Wildman–Crippen MR) is 112 cm³/mol. The van der Waals surface area contributed by atoms with Gasteiger partial charge in [0.15, 0.2) is 11.6 Å². The van der Waals surface area contributed by atoms with Crippen LogP contribution in [0.3, 0.4) is 0 Å². The van der Waals surface area contributed by atoms with Gasteiger partial charge >= 0.3 is 0 Å². The van der Waals surface area contributed by atoms with Gasteiger partial charge in [-0.05, 0) is 50.1 Å². The van der Waals surface area contributed by atoms with Crippen LogP contribution in [-0.2, 0) is 11.2 Å². The molecule has 1 aromatic heterocycles. The first-order valence-electron chi connectivity index (χ1n) is 9.06. The van der Waals surface area contributed by atoms with Gasteiger partial charge in [0.25, 0.3) is 0 Å². The van der Waals surface area contributed by atoms with E-state index in [0.717, 1.165) is 12.0 Å². The lowest BCUT2D eigenvalue weighted by Gasteiger charge is -2.10. The summed E-state index contributed by atoms with van der Waals surface area (Å²) in [4.78, 5) is 28.2. The molecule has 0 aliphatic heterocycles. The molecule has 0 spiro atoms. The maximum absolute atomic E-state index is 12.4. The van der Waals surface area contributed by atoms with Crippen LogP contribution in [0.1, 0.15) is 36.7 Å². The molecule has 28 heavy (non-hydrogen) atoms. The van der Waals surface area contributed by atoms with E-state index in [1.165, 1.54) is 24.2 Å². The van der Waals surface area contributed by atoms with E-state index in [2.05, 4.69) is 39.6 Å². The van der Waals surface area contributed by atoms with Gasteiger partial charge in [-0.1, -0.05) is 43.0 Å². The minimum absolute atomic E-state index is 0.00783. The zero-order valence-electron chi connectivity index (χ0n) is 16.0. The molecule has 0 aliphatic rings. The number of ketones is 1. The summed E-state index contributed by atoms with van der Waals surface area (Å²) in [7, 11) is 0. The molecule has 3 rings (SSSR count). The van der Waals surface area contributed by atoms with E-state index in [1.54, 1.807) is 31.2 Å². The predicted octanol–water partition coefficient (Wildman–Crippen LogP) is 4.36. The van der Waals surface area contributed by atoms with E-state index in [1.807, 2.05) is 12.1 Å². The molecule has 0 bridgehead atoms. The Morgan fingerprint density at radius 1 is 1.11 bits per heavy atom. The average Bonchev–Trinajstić information content (AvgIpc) is 3.17. The minimum atomic E-state index is -0.376. The fourth-order valence-electron chi connectivity index (χ4n) is 2.57. The summed E-state index contributed by atoms with van der Waals surface area (Å²) in [5.74, 6) is 0.517. The summed E-state index contributed by atoms with van der Waals surface area (Å²) < 4.78 is 0. The molecule has 1 amide bonds. The average molecular weight is 395 g/mol. The van der Waals surface area contributed by atoms with Gasteiger partial charge in [0.2, 0.25) is 11.1 Å². The number of nitrogens with one attached hydrogen (secondary N) is 2. The lowest BCUT2D eigenvalue weighted by molar-refractivity contribution is -0.115. The first kappa shape index (κ1) is 19.8. The molecule has 2 aromatic carbocycles. The fraction of sp³-hybridized carbons (Fsp3) is 0.238. The van der Waals surface area contributed by atoms with Gasteiger partial charge in [0, 0.05) is 16.8 Å². The van der Waals surface area contributed by atoms with E-state index < -0.39 is 0 Å². The van der Waals surface area contributed by atoms with E-state index in [-0.39, 0.29) is 16.9 Å². The van der Waals surface area contributed by atoms with Gasteiger partial charge < -0.3 is 5.32 Å². The van der Waals surface area contributed by atoms with Crippen LogP contribution in [0, 0.1) is 0 Å². The molecule has 0 unspecified atom stereocenters. The lowest BCUT2D eigenvalue weighted by atomic mass is 10.1. The number of carbonyl (C=O) groups is 2. The highest BCUT2D eigenvalue weighted by molar-refractivity contribution is 8.00. The number of H-pyrrole nitrogens is 1. The topological polar surface area (TPSA) is 87.7 Å². The third-order valence-electron chi connectivity index (χ3n) is 4.31. The summed E-state index contributed by atoms with van der Waals surface area (Å²) in [6.07, 6.45) is 0.988. The van der Waals surface area contributed by atoms with Crippen molar-refractivity contribution in [3.8, 4) is 11.4 Å². The smallest absolute Gasteiger partial charge is 0.237 e. The number of benzene rings is 2. The van der Waals surface area contributed by atoms with Crippen LogP contribution in [-0.4, -0.2) is 32.1 Å². The fourth-order valence-corrected chi connectivity index (χ4v) is 3.29. The van der Waals surface area contributed by atoms with Crippen molar-refractivity contribution in [3.63, 3.8) is 0 Å². The van der Waals surface area contributed by atoms with Crippen LogP contribution in [0.4, 0.5) is 5.69 Å². The molecule has 0 saturated heterocycles. The molecule has 0 saturated carbocycles. The molecule has 3 aromatic rings. The largest absolute Gasteiger partial charge is 0.325 e. The van der Waals surface area contributed by atoms with Crippen molar-refractivity contribution < 1.29 is 9.59 Å². The van der Waals surface area contributed by atoms with Gasteiger partial charge in [-0.3, -0.25) is 14.7 Å². The van der Waals surface area contributed by atoms with E-state index in [0.29, 0.717) is 22.2 Å². The third kappa shape index (κ3) is 4.86. The molecule has 1 atom stereocenters. The maximum atomic E-state index is 12.4. The Balaban J connectivity index is 1.60. The molecule has 6 nitrogen and oxygen atoms in total. The molecular formula is C21H22N4O2S. The van der Waals surface area contributed by atoms with E-state index in [4.69, 9.17) is 0 Å². The monoisotopic (exact) mass is 394 g/mol. The maximum Gasteiger partial charge on any atom is 0.237 e. The highest BCUT2D eigenvalue weighted by Crippen LogP contribution is 2.24. The SMILES string of the molecule is CCc1ccc(-c2nc(S[C@@H](C)C(=O)Nc3ccc(C(C)=O)cc3)n[nH]2)cc1. The lowest BCUT2D eigenvalue weighted by Crippen LogP contribution is -2.22. The van der Waals surface area contributed by atoms with Gasteiger partial charge in [-0.2, -0.15) is 0 Å². The second kappa shape index (κ2) is 8.84. The number of rotatable bonds is 7. The summed E-state index contributed by atoms with van der Waals surface area (Å²) in [6, 6.07) is 15.0. The summed E-state index contributed by atoms with van der Waals surface area (Å²) >= 11 is 1.28. The molecular weight excluding hydrogens is 372 g/mol. The Bertz CT molecular complexity index is 965. The first-order chi connectivity index (χ1) is 13.5. The van der Waals surface area contributed by atoms with Crippen molar-refractivity contribution in [1.29, 1.82) is 0 Å². The molecule has 144 valence electrons. The van der Waals surface area contributed by atoms with Crippen LogP contribution in [0.15, 0.2) is 53.7 Å². The summed E-state index contributed by atoms with van der Waals surface area (Å²) in [5.41, 5.74) is 3.48. The first-order valence-corrected chi connectivity index (χ1v) is 9.94. The zero-order valence-corrected chi connectivity index (χ0v) is 16.8. The van der Waals surface area contributed by atoms with Crippen molar-refractivity contribution in [1.82, 2.24) is 15.2 Å². The Morgan fingerprint density at radius 3 is 2.39 bits per heavy atom. The molecule has 0 aliphatic carbocycles. The number of hydrogen-bond acceptors (Lipinski definition) is 5. The second-order valence-electron chi connectivity index (χ2n) is 6.40. The standard InChI is InChI=1S/C21H22N4O2S/c1-4-15-5-7-17(8-6-15)19-23-21(25-24-19)28-14(3)20(27)22-18-11-9-16(10-12-18)13(2)26/h5-12,14H,4H2,1-3H3,(H,22,27)(H,23,24,25)/t14-/m0/s1. The summed E-state index contributed by atoms with van der Waals surface area (Å²) in [5, 5.41) is 10.1. The molecule has 7 heteroatoms. The number of thioether (sulfide) groups is 1. The molecule has 2 N–H and O–H groups in total. The number of hydrogen-bond donors (Lipinski definition) is 2. The van der Waals surface area contributed by atoms with E-state index in [9.17, 15) is 9.59 Å². The van der Waals surface area contributed by atoms with Crippen LogP contribution >= 0.6 is 11.8 Å². The third-order valence-corrected chi connectivity index (χ3v) is 5.27. The van der Waals surface area contributed by atoms with Gasteiger partial charge in [-0.25, -0.2) is 4.98 Å². The number of aryl methyl sites for hydroxylation is 1. The molecule has 0 fully saturated rings. The van der Waals surface area contributed by atoms with Crippen molar-refractivity contribution in [3.05, 3.63) is 59.7 Å². The highest BCUT2D eigenvalue weighted by atomic mass is 32.2. The van der Waals surface area contributed by atoms with Crippen molar-refractivity contribution in [2.45, 2.75) is 37.6 Å². The van der Waals surface area contributed by atoms with Gasteiger partial charge in [-0.15, -0.1) is 5.10 Å². The van der Waals surface area contributed by atoms with Crippen LogP contribution in [0.2, 0.25) is 0 Å². The number of nitrogens with zero attached hydrogens (tertiary/aromatic N) is 2. The van der Waals surface area contributed by atoms with Crippen LogP contribution < -0.4 is 5.32 Å². The van der Waals surface area contributed by atoms with Crippen molar-refractivity contribution in [2.75, 3.05) is 5.32 Å². The number of aromatic nitrogens is 3. The Labute approximate surface area is 168 Å². The summed E-state index contributed by atoms with van der Waals surface area (Å²) in [6.45, 7) is 5.42. The number of anilines is 1. The number of carbonyl (C=O) groups excluding carboxylic acids is 2. The quantitative estimate of drug-likeness (QED) is 0.459. The van der Waals surface area contributed by atoms with Crippen LogP contribution in [0.5, 0.6) is 0 Å². The van der Waals surface area contributed by atoms with Crippen molar-refractivity contribution >= 4 is 29.1 Å². The Hall–Kier alpha value is -2.93. The highest BCUT2D eigenvalue weighted by Gasteiger charge is 2.18. The molecule has 0 radical (unpaired) electrons.